The molecule has 3 N–H and O–H groups in total. The molecule has 1 fully saturated rings. The average molecular weight is 550 g/mol. The minimum Gasteiger partial charge on any atom is -0.394 e. The summed E-state index contributed by atoms with van der Waals surface area (Å²) in [4.78, 5) is 37.0. The van der Waals surface area contributed by atoms with E-state index in [1.807, 2.05) is 43.3 Å². The van der Waals surface area contributed by atoms with Crippen LogP contribution >= 0.6 is 11.6 Å². The van der Waals surface area contributed by atoms with Gasteiger partial charge in [-0.1, -0.05) is 53.6 Å². The maximum absolute atomic E-state index is 13.4. The molecule has 0 aliphatic carbocycles. The van der Waals surface area contributed by atoms with Gasteiger partial charge in [-0.05, 0) is 43.9 Å². The number of aliphatic hydroxyl groups is 1. The summed E-state index contributed by atoms with van der Waals surface area (Å²) in [6.45, 7) is 5.11. The second-order valence-electron chi connectivity index (χ2n) is 10.1. The number of hydrogen-bond donors (Lipinski definition) is 3. The fourth-order valence-electron chi connectivity index (χ4n) is 5.00. The molecule has 0 spiro atoms. The highest BCUT2D eigenvalue weighted by molar-refractivity contribution is 6.33. The lowest BCUT2D eigenvalue weighted by Gasteiger charge is -2.26. The molecule has 0 radical (unpaired) electrons. The minimum absolute atomic E-state index is 0.229. The van der Waals surface area contributed by atoms with Crippen LogP contribution in [0.15, 0.2) is 48.7 Å². The highest BCUT2D eigenvalue weighted by atomic mass is 35.5. The van der Waals surface area contributed by atoms with E-state index >= 15 is 0 Å². The lowest BCUT2D eigenvalue weighted by molar-refractivity contribution is -0.126. The van der Waals surface area contributed by atoms with Crippen LogP contribution in [0.3, 0.4) is 0 Å². The normalized spacial score (nSPS) is 17.0. The second kappa shape index (κ2) is 11.7. The first kappa shape index (κ1) is 27.1. The van der Waals surface area contributed by atoms with Crippen LogP contribution in [0.25, 0.3) is 11.3 Å². The first-order chi connectivity index (χ1) is 18.8. The number of hydrogen-bond acceptors (Lipinski definition) is 7. The summed E-state index contributed by atoms with van der Waals surface area (Å²) >= 11 is 6.46. The van der Waals surface area contributed by atoms with Gasteiger partial charge in [-0.25, -0.2) is 9.97 Å². The Morgan fingerprint density at radius 2 is 2.03 bits per heavy atom. The fraction of sp³-hybridized carbons (Fsp3) is 0.379. The molecule has 1 unspecified atom stereocenters. The topological polar surface area (TPSA) is 117 Å². The average Bonchev–Trinajstić information content (AvgIpc) is 3.28. The predicted octanol–water partition coefficient (Wildman–Crippen LogP) is 3.89. The molecule has 1 aromatic heterocycles. The summed E-state index contributed by atoms with van der Waals surface area (Å²) in [7, 11) is 0. The van der Waals surface area contributed by atoms with Crippen molar-refractivity contribution in [3.05, 3.63) is 75.9 Å². The number of ether oxygens (including phenoxy) is 1. The predicted molar refractivity (Wildman–Crippen MR) is 148 cm³/mol. The van der Waals surface area contributed by atoms with Gasteiger partial charge in [0.2, 0.25) is 11.9 Å². The van der Waals surface area contributed by atoms with Gasteiger partial charge >= 0.3 is 0 Å². The van der Waals surface area contributed by atoms with Gasteiger partial charge in [0.05, 0.1) is 29.6 Å². The number of aliphatic hydroxyl groups excluding tert-OH is 1. The van der Waals surface area contributed by atoms with Crippen LogP contribution in [-0.2, 0) is 16.1 Å². The first-order valence-electron chi connectivity index (χ1n) is 13.1. The number of rotatable bonds is 8. The standard InChI is InChI=1S/C29H32ClN5O4/c1-17-4-3-5-19(12-17)25(16-36)33-27(37)18(2)35-15-21-7-6-20(13-23(21)28(35)38)26-24(30)14-31-29(34-26)32-22-8-10-39-11-9-22/h3-7,12-14,18,22,25,36H,8-11,15-16H2,1-2H3,(H,33,37)(H,31,32,34)/t18?,25-/m1/s1. The lowest BCUT2D eigenvalue weighted by atomic mass is 10.0. The maximum atomic E-state index is 13.4. The summed E-state index contributed by atoms with van der Waals surface area (Å²) < 4.78 is 5.42. The summed E-state index contributed by atoms with van der Waals surface area (Å²) in [6, 6.07) is 12.1. The Kier molecular flexibility index (Phi) is 8.11. The number of nitrogens with zero attached hydrogens (tertiary/aromatic N) is 3. The molecule has 1 saturated heterocycles. The summed E-state index contributed by atoms with van der Waals surface area (Å²) in [5.74, 6) is -0.0944. The van der Waals surface area contributed by atoms with Crippen LogP contribution in [0.1, 0.15) is 52.9 Å². The SMILES string of the molecule is Cc1cccc([C@@H](CO)NC(=O)C(C)N2Cc3ccc(-c4nc(NC5CCOCC5)ncc4Cl)cc3C2=O)c1. The number of benzene rings is 2. The Bertz CT molecular complexity index is 1380. The van der Waals surface area contributed by atoms with Gasteiger partial charge in [-0.3, -0.25) is 9.59 Å². The van der Waals surface area contributed by atoms with Crippen LogP contribution in [0.4, 0.5) is 5.95 Å². The number of anilines is 1. The minimum atomic E-state index is -0.731. The van der Waals surface area contributed by atoms with Crippen LogP contribution in [0.2, 0.25) is 5.02 Å². The van der Waals surface area contributed by atoms with Gasteiger partial charge in [0.1, 0.15) is 6.04 Å². The third kappa shape index (κ3) is 5.90. The number of aromatic nitrogens is 2. The van der Waals surface area contributed by atoms with Crippen molar-refractivity contribution >= 4 is 29.4 Å². The maximum Gasteiger partial charge on any atom is 0.255 e. The first-order valence-corrected chi connectivity index (χ1v) is 13.5. The number of fused-ring (bicyclic) bond motifs is 1. The molecule has 2 aliphatic rings. The van der Waals surface area contributed by atoms with Crippen molar-refractivity contribution in [3.63, 3.8) is 0 Å². The van der Waals surface area contributed by atoms with E-state index in [1.165, 1.54) is 4.90 Å². The zero-order valence-electron chi connectivity index (χ0n) is 22.0. The Morgan fingerprint density at radius 3 is 2.77 bits per heavy atom. The summed E-state index contributed by atoms with van der Waals surface area (Å²) in [5.41, 5.74) is 4.41. The van der Waals surface area contributed by atoms with Crippen molar-refractivity contribution in [1.29, 1.82) is 0 Å². The molecule has 5 rings (SSSR count). The number of amides is 2. The molecule has 3 heterocycles. The number of carbonyl (C=O) groups is 2. The monoisotopic (exact) mass is 549 g/mol. The van der Waals surface area contributed by atoms with E-state index in [0.29, 0.717) is 47.6 Å². The third-order valence-electron chi connectivity index (χ3n) is 7.30. The van der Waals surface area contributed by atoms with Gasteiger partial charge in [0.25, 0.3) is 5.91 Å². The van der Waals surface area contributed by atoms with E-state index in [0.717, 1.165) is 29.5 Å². The molecule has 2 aromatic carbocycles. The summed E-state index contributed by atoms with van der Waals surface area (Å²) in [5, 5.41) is 16.5. The van der Waals surface area contributed by atoms with E-state index in [9.17, 15) is 14.7 Å². The molecule has 0 saturated carbocycles. The van der Waals surface area contributed by atoms with Crippen LogP contribution in [0.5, 0.6) is 0 Å². The van der Waals surface area contributed by atoms with Crippen LogP contribution < -0.4 is 10.6 Å². The molecule has 0 bridgehead atoms. The highest BCUT2D eigenvalue weighted by Crippen LogP contribution is 2.32. The zero-order chi connectivity index (χ0) is 27.5. The second-order valence-corrected chi connectivity index (χ2v) is 10.5. The Labute approximate surface area is 232 Å². The van der Waals surface area contributed by atoms with Crippen molar-refractivity contribution in [2.45, 2.75) is 51.4 Å². The smallest absolute Gasteiger partial charge is 0.255 e. The van der Waals surface area contributed by atoms with Gasteiger partial charge in [-0.15, -0.1) is 0 Å². The van der Waals surface area contributed by atoms with Crippen LogP contribution in [0, 0.1) is 6.92 Å². The molecule has 2 atom stereocenters. The molecule has 39 heavy (non-hydrogen) atoms. The molecular formula is C29H32ClN5O4. The molecule has 2 aliphatic heterocycles. The lowest BCUT2D eigenvalue weighted by Crippen LogP contribution is -2.46. The van der Waals surface area contributed by atoms with Gasteiger partial charge < -0.3 is 25.4 Å². The molecule has 2 amide bonds. The zero-order valence-corrected chi connectivity index (χ0v) is 22.7. The van der Waals surface area contributed by atoms with E-state index in [-0.39, 0.29) is 24.5 Å². The Hall–Kier alpha value is -3.53. The van der Waals surface area contributed by atoms with Crippen molar-refractivity contribution in [3.8, 4) is 11.3 Å². The molecular weight excluding hydrogens is 518 g/mol. The van der Waals surface area contributed by atoms with E-state index in [4.69, 9.17) is 16.3 Å². The van der Waals surface area contributed by atoms with Crippen molar-refractivity contribution in [1.82, 2.24) is 20.2 Å². The molecule has 3 aromatic rings. The van der Waals surface area contributed by atoms with Crippen molar-refractivity contribution in [2.75, 3.05) is 25.1 Å². The highest BCUT2D eigenvalue weighted by Gasteiger charge is 2.35. The Morgan fingerprint density at radius 1 is 1.23 bits per heavy atom. The number of aryl methyl sites for hydroxylation is 1. The van der Waals surface area contributed by atoms with Gasteiger partial charge in [0.15, 0.2) is 0 Å². The van der Waals surface area contributed by atoms with Crippen molar-refractivity contribution < 1.29 is 19.4 Å². The molecule has 204 valence electrons. The van der Waals surface area contributed by atoms with E-state index in [1.54, 1.807) is 19.2 Å². The largest absolute Gasteiger partial charge is 0.394 e. The van der Waals surface area contributed by atoms with Gasteiger partial charge in [0, 0.05) is 36.9 Å². The number of carbonyl (C=O) groups excluding carboxylic acids is 2. The molecule has 9 nitrogen and oxygen atoms in total. The van der Waals surface area contributed by atoms with Gasteiger partial charge in [-0.2, -0.15) is 0 Å². The number of nitrogens with one attached hydrogen (secondary N) is 2. The Balaban J connectivity index is 1.31. The van der Waals surface area contributed by atoms with E-state index < -0.39 is 12.1 Å². The van der Waals surface area contributed by atoms with E-state index in [2.05, 4.69) is 20.6 Å². The quantitative estimate of drug-likeness (QED) is 0.390. The molecule has 10 heteroatoms. The number of halogens is 1. The third-order valence-corrected chi connectivity index (χ3v) is 7.58. The summed E-state index contributed by atoms with van der Waals surface area (Å²) in [6.07, 6.45) is 3.31. The van der Waals surface area contributed by atoms with Crippen LogP contribution in [-0.4, -0.2) is 63.7 Å². The van der Waals surface area contributed by atoms with Crippen molar-refractivity contribution in [2.24, 2.45) is 0 Å². The fourth-order valence-corrected chi connectivity index (χ4v) is 5.20.